The molecule has 0 aliphatic rings. The summed E-state index contributed by atoms with van der Waals surface area (Å²) in [6.07, 6.45) is 1.61. The van der Waals surface area contributed by atoms with Crippen molar-refractivity contribution in [1.82, 2.24) is 9.97 Å². The van der Waals surface area contributed by atoms with Crippen LogP contribution in [0.25, 0.3) is 0 Å². The minimum absolute atomic E-state index is 0.102. The summed E-state index contributed by atoms with van der Waals surface area (Å²) >= 11 is 6.04. The highest BCUT2D eigenvalue weighted by molar-refractivity contribution is 6.31. The smallest absolute Gasteiger partial charge is 0.345 e. The van der Waals surface area contributed by atoms with E-state index in [1.165, 1.54) is 6.20 Å². The molecule has 1 heterocycles. The number of carbonyl (C=O) groups is 1. The molecule has 1 N–H and O–H groups in total. The van der Waals surface area contributed by atoms with E-state index in [4.69, 9.17) is 16.3 Å². The second-order valence-electron chi connectivity index (χ2n) is 4.06. The molecule has 0 bridgehead atoms. The summed E-state index contributed by atoms with van der Waals surface area (Å²) in [7, 11) is 0. The van der Waals surface area contributed by atoms with Crippen LogP contribution in [0.1, 0.15) is 28.7 Å². The highest BCUT2D eigenvalue weighted by Gasteiger charge is 2.13. The van der Waals surface area contributed by atoms with Crippen LogP contribution in [0.2, 0.25) is 5.02 Å². The quantitative estimate of drug-likeness (QED) is 0.877. The van der Waals surface area contributed by atoms with E-state index in [0.717, 1.165) is 5.56 Å². The molecule has 0 aliphatic carbocycles. The Labute approximate surface area is 120 Å². The number of ether oxygens (including phenoxy) is 1. The number of nitrogens with one attached hydrogen (secondary N) is 1. The first kappa shape index (κ1) is 14.3. The maximum Gasteiger partial charge on any atom is 0.345 e. The Balaban J connectivity index is 2.24. The summed E-state index contributed by atoms with van der Waals surface area (Å²) in [6.45, 7) is 1.88. The Morgan fingerprint density at radius 3 is 2.80 bits per heavy atom. The zero-order valence-electron chi connectivity index (χ0n) is 10.9. The fourth-order valence-corrected chi connectivity index (χ4v) is 1.90. The van der Waals surface area contributed by atoms with Crippen molar-refractivity contribution in [3.05, 3.63) is 62.8 Å². The third-order valence-corrected chi connectivity index (χ3v) is 3.03. The zero-order valence-corrected chi connectivity index (χ0v) is 11.6. The molecule has 0 amide bonds. The molecule has 0 saturated carbocycles. The molecular weight excluding hydrogens is 280 g/mol. The molecule has 20 heavy (non-hydrogen) atoms. The number of nitrogens with zero attached hydrogens (tertiary/aromatic N) is 1. The lowest BCUT2D eigenvalue weighted by atomic mass is 10.1. The number of benzene rings is 1. The highest BCUT2D eigenvalue weighted by atomic mass is 35.5. The molecule has 0 saturated heterocycles. The van der Waals surface area contributed by atoms with Gasteiger partial charge in [-0.05, 0) is 18.6 Å². The van der Waals surface area contributed by atoms with E-state index < -0.39 is 11.5 Å². The third kappa shape index (κ3) is 3.24. The lowest BCUT2D eigenvalue weighted by molar-refractivity contribution is 0.0523. The van der Waals surface area contributed by atoms with Gasteiger partial charge in [0.15, 0.2) is 0 Å². The molecular formula is C14H13ClN2O3. The van der Waals surface area contributed by atoms with Crippen molar-refractivity contribution >= 4 is 17.6 Å². The number of aromatic amines is 1. The number of H-pyrrole nitrogens is 1. The summed E-state index contributed by atoms with van der Waals surface area (Å²) in [4.78, 5) is 29.9. The van der Waals surface area contributed by atoms with Crippen LogP contribution < -0.4 is 5.56 Å². The van der Waals surface area contributed by atoms with Gasteiger partial charge in [-0.1, -0.05) is 29.8 Å². The van der Waals surface area contributed by atoms with Crippen molar-refractivity contribution in [2.75, 3.05) is 6.61 Å². The maximum atomic E-state index is 11.8. The van der Waals surface area contributed by atoms with Gasteiger partial charge >= 0.3 is 5.97 Å². The van der Waals surface area contributed by atoms with Gasteiger partial charge in [-0.25, -0.2) is 9.78 Å². The van der Waals surface area contributed by atoms with Gasteiger partial charge in [0.05, 0.1) is 6.61 Å². The molecule has 0 fully saturated rings. The average Bonchev–Trinajstić information content (AvgIpc) is 2.42. The summed E-state index contributed by atoms with van der Waals surface area (Å²) in [5, 5.41) is 0.601. The second kappa shape index (κ2) is 6.34. The topological polar surface area (TPSA) is 72.0 Å². The molecule has 0 atom stereocenters. The van der Waals surface area contributed by atoms with Crippen molar-refractivity contribution < 1.29 is 9.53 Å². The van der Waals surface area contributed by atoms with Gasteiger partial charge < -0.3 is 9.72 Å². The summed E-state index contributed by atoms with van der Waals surface area (Å²) in [5.41, 5.74) is 0.233. The minimum Gasteiger partial charge on any atom is -0.462 e. The van der Waals surface area contributed by atoms with Gasteiger partial charge in [0, 0.05) is 17.6 Å². The van der Waals surface area contributed by atoms with Gasteiger partial charge in [-0.15, -0.1) is 0 Å². The van der Waals surface area contributed by atoms with Crippen LogP contribution in [0.4, 0.5) is 0 Å². The van der Waals surface area contributed by atoms with Gasteiger partial charge in [-0.2, -0.15) is 0 Å². The minimum atomic E-state index is -0.675. The van der Waals surface area contributed by atoms with Gasteiger partial charge in [0.2, 0.25) is 0 Å². The molecule has 0 spiro atoms. The molecule has 1 aromatic heterocycles. The molecule has 5 nitrogen and oxygen atoms in total. The molecule has 2 rings (SSSR count). The number of halogens is 1. The fourth-order valence-electron chi connectivity index (χ4n) is 1.70. The first-order valence-electron chi connectivity index (χ1n) is 6.10. The summed E-state index contributed by atoms with van der Waals surface area (Å²) in [5.74, 6) is -0.235. The Bertz CT molecular complexity index is 682. The Morgan fingerprint density at radius 2 is 2.15 bits per heavy atom. The predicted octanol–water partition coefficient (Wildman–Crippen LogP) is 2.19. The number of hydrogen-bond donors (Lipinski definition) is 1. The van der Waals surface area contributed by atoms with E-state index in [2.05, 4.69) is 9.97 Å². The van der Waals surface area contributed by atoms with Crippen LogP contribution in [0, 0.1) is 0 Å². The van der Waals surface area contributed by atoms with Crippen molar-refractivity contribution in [3.8, 4) is 0 Å². The van der Waals surface area contributed by atoms with Crippen LogP contribution >= 0.6 is 11.6 Å². The number of rotatable bonds is 4. The standard InChI is InChI=1S/C14H13ClN2O3/c1-2-20-14(19)10-8-16-12(17-13(10)18)7-9-5-3-4-6-11(9)15/h3-6,8H,2,7H2,1H3,(H,16,17,18). The van der Waals surface area contributed by atoms with Crippen LogP contribution in [-0.4, -0.2) is 22.5 Å². The number of hydrogen-bond acceptors (Lipinski definition) is 4. The SMILES string of the molecule is CCOC(=O)c1cnc(Cc2ccccc2Cl)[nH]c1=O. The first-order valence-corrected chi connectivity index (χ1v) is 6.48. The number of aromatic nitrogens is 2. The monoisotopic (exact) mass is 292 g/mol. The van der Waals surface area contributed by atoms with Gasteiger partial charge in [0.1, 0.15) is 11.4 Å². The summed E-state index contributed by atoms with van der Waals surface area (Å²) < 4.78 is 4.77. The van der Waals surface area contributed by atoms with Crippen molar-refractivity contribution in [1.29, 1.82) is 0 Å². The molecule has 0 unspecified atom stereocenters. The number of esters is 1. The van der Waals surface area contributed by atoms with E-state index >= 15 is 0 Å². The van der Waals surface area contributed by atoms with Crippen molar-refractivity contribution in [3.63, 3.8) is 0 Å². The predicted molar refractivity (Wildman–Crippen MR) is 75.1 cm³/mol. The Kier molecular flexibility index (Phi) is 4.53. The van der Waals surface area contributed by atoms with Gasteiger partial charge in [0.25, 0.3) is 5.56 Å². The van der Waals surface area contributed by atoms with Crippen LogP contribution in [0.3, 0.4) is 0 Å². The Hall–Kier alpha value is -2.14. The zero-order chi connectivity index (χ0) is 14.5. The van der Waals surface area contributed by atoms with E-state index in [-0.39, 0.29) is 12.2 Å². The molecule has 0 aliphatic heterocycles. The highest BCUT2D eigenvalue weighted by Crippen LogP contribution is 2.16. The molecule has 6 heteroatoms. The molecule has 104 valence electrons. The van der Waals surface area contributed by atoms with Crippen molar-refractivity contribution in [2.24, 2.45) is 0 Å². The lowest BCUT2D eigenvalue weighted by Crippen LogP contribution is -2.22. The first-order chi connectivity index (χ1) is 9.61. The molecule has 0 radical (unpaired) electrons. The molecule has 1 aromatic carbocycles. The van der Waals surface area contributed by atoms with Gasteiger partial charge in [-0.3, -0.25) is 4.79 Å². The average molecular weight is 293 g/mol. The largest absolute Gasteiger partial charge is 0.462 e. The Morgan fingerprint density at radius 1 is 1.40 bits per heavy atom. The van der Waals surface area contributed by atoms with E-state index in [9.17, 15) is 9.59 Å². The van der Waals surface area contributed by atoms with Crippen LogP contribution in [-0.2, 0) is 11.2 Å². The molecule has 2 aromatic rings. The van der Waals surface area contributed by atoms with Crippen LogP contribution in [0.5, 0.6) is 0 Å². The van der Waals surface area contributed by atoms with E-state index in [1.54, 1.807) is 13.0 Å². The summed E-state index contributed by atoms with van der Waals surface area (Å²) in [6, 6.07) is 7.29. The normalized spacial score (nSPS) is 10.3. The fraction of sp³-hybridized carbons (Fsp3) is 0.214. The van der Waals surface area contributed by atoms with Crippen LogP contribution in [0.15, 0.2) is 35.3 Å². The van der Waals surface area contributed by atoms with Crippen molar-refractivity contribution in [2.45, 2.75) is 13.3 Å². The van der Waals surface area contributed by atoms with E-state index in [0.29, 0.717) is 17.3 Å². The maximum absolute atomic E-state index is 11.8. The second-order valence-corrected chi connectivity index (χ2v) is 4.47. The lowest BCUT2D eigenvalue weighted by Gasteiger charge is -2.05. The van der Waals surface area contributed by atoms with E-state index in [1.807, 2.05) is 18.2 Å². The third-order valence-electron chi connectivity index (χ3n) is 2.66. The number of carbonyl (C=O) groups excluding carboxylic acids is 1.